The highest BCUT2D eigenvalue weighted by Crippen LogP contribution is 2.28. The number of benzene rings is 2. The van der Waals surface area contributed by atoms with E-state index in [1.54, 1.807) is 60.9 Å². The number of aromatic nitrogens is 2. The lowest BCUT2D eigenvalue weighted by Gasteiger charge is -2.08. The second-order valence-electron chi connectivity index (χ2n) is 6.90. The molecule has 0 fully saturated rings. The Morgan fingerprint density at radius 1 is 0.938 bits per heavy atom. The maximum atomic E-state index is 12.4. The van der Waals surface area contributed by atoms with Gasteiger partial charge in [-0.2, -0.15) is 0 Å². The van der Waals surface area contributed by atoms with Crippen molar-refractivity contribution in [1.82, 2.24) is 9.97 Å². The number of nitrogens with zero attached hydrogens (tertiary/aromatic N) is 2. The highest BCUT2D eigenvalue weighted by Gasteiger charge is 2.12. The number of anilines is 2. The number of amides is 2. The van der Waals surface area contributed by atoms with Crippen molar-refractivity contribution in [2.45, 2.75) is 12.8 Å². The number of oxazole rings is 1. The van der Waals surface area contributed by atoms with Crippen LogP contribution in [-0.4, -0.2) is 21.8 Å². The van der Waals surface area contributed by atoms with Gasteiger partial charge in [0.15, 0.2) is 11.7 Å². The van der Waals surface area contributed by atoms with Crippen molar-refractivity contribution in [2.75, 3.05) is 10.6 Å². The third-order valence-electron chi connectivity index (χ3n) is 4.57. The molecular formula is C24H19ClN4O3. The van der Waals surface area contributed by atoms with E-state index in [0.29, 0.717) is 40.2 Å². The summed E-state index contributed by atoms with van der Waals surface area (Å²) in [5.74, 6) is 0.918. The molecular weight excluding hydrogens is 428 g/mol. The zero-order valence-corrected chi connectivity index (χ0v) is 17.7. The van der Waals surface area contributed by atoms with Gasteiger partial charge in [0.25, 0.3) is 5.91 Å². The Morgan fingerprint density at radius 3 is 2.59 bits per heavy atom. The van der Waals surface area contributed by atoms with E-state index in [1.807, 2.05) is 18.2 Å². The first-order chi connectivity index (χ1) is 15.6. The summed E-state index contributed by atoms with van der Waals surface area (Å²) in [6.45, 7) is 0. The van der Waals surface area contributed by atoms with Gasteiger partial charge >= 0.3 is 0 Å². The van der Waals surface area contributed by atoms with Gasteiger partial charge in [-0.25, -0.2) is 9.97 Å². The van der Waals surface area contributed by atoms with E-state index in [9.17, 15) is 9.59 Å². The second-order valence-corrected chi connectivity index (χ2v) is 7.30. The highest BCUT2D eigenvalue weighted by atomic mass is 35.5. The third kappa shape index (κ3) is 5.39. The number of hydrogen-bond acceptors (Lipinski definition) is 5. The minimum absolute atomic E-state index is 0.173. The number of nitrogens with one attached hydrogen (secondary N) is 2. The lowest BCUT2D eigenvalue weighted by Crippen LogP contribution is -2.15. The van der Waals surface area contributed by atoms with Crippen molar-refractivity contribution in [1.29, 1.82) is 0 Å². The summed E-state index contributed by atoms with van der Waals surface area (Å²) in [5, 5.41) is 6.08. The first-order valence-corrected chi connectivity index (χ1v) is 10.3. The van der Waals surface area contributed by atoms with Gasteiger partial charge in [0, 0.05) is 35.9 Å². The topological polar surface area (TPSA) is 97.1 Å². The minimum Gasteiger partial charge on any atom is -0.441 e. The molecule has 2 heterocycles. The minimum atomic E-state index is -0.313. The average Bonchev–Trinajstić information content (AvgIpc) is 3.28. The van der Waals surface area contributed by atoms with Crippen molar-refractivity contribution >= 4 is 34.9 Å². The summed E-state index contributed by atoms with van der Waals surface area (Å²) in [4.78, 5) is 33.1. The predicted molar refractivity (Wildman–Crippen MR) is 123 cm³/mol. The van der Waals surface area contributed by atoms with Crippen molar-refractivity contribution in [3.8, 4) is 11.3 Å². The number of halogens is 1. The van der Waals surface area contributed by atoms with Crippen LogP contribution in [0, 0.1) is 0 Å². The zero-order valence-electron chi connectivity index (χ0n) is 16.9. The van der Waals surface area contributed by atoms with E-state index in [1.165, 1.54) is 0 Å². The third-order valence-corrected chi connectivity index (χ3v) is 4.90. The van der Waals surface area contributed by atoms with Gasteiger partial charge in [0.05, 0.1) is 11.2 Å². The smallest absolute Gasteiger partial charge is 0.256 e. The van der Waals surface area contributed by atoms with Crippen LogP contribution in [0.15, 0.2) is 83.5 Å². The fourth-order valence-electron chi connectivity index (χ4n) is 3.02. The summed E-state index contributed by atoms with van der Waals surface area (Å²) < 4.78 is 5.72. The second kappa shape index (κ2) is 9.89. The number of aryl methyl sites for hydroxylation is 1. The van der Waals surface area contributed by atoms with E-state index < -0.39 is 0 Å². The molecule has 0 saturated heterocycles. The van der Waals surface area contributed by atoms with Crippen LogP contribution in [0.4, 0.5) is 11.5 Å². The van der Waals surface area contributed by atoms with E-state index in [2.05, 4.69) is 20.6 Å². The monoisotopic (exact) mass is 446 g/mol. The van der Waals surface area contributed by atoms with Gasteiger partial charge in [0.2, 0.25) is 5.91 Å². The quantitative estimate of drug-likeness (QED) is 0.406. The number of carbonyl (C=O) groups is 2. The summed E-state index contributed by atoms with van der Waals surface area (Å²) >= 11 is 6.18. The molecule has 0 bridgehead atoms. The van der Waals surface area contributed by atoms with Gasteiger partial charge in [-0.15, -0.1) is 0 Å². The van der Waals surface area contributed by atoms with Crippen LogP contribution in [0.1, 0.15) is 22.7 Å². The van der Waals surface area contributed by atoms with Crippen molar-refractivity contribution in [2.24, 2.45) is 0 Å². The van der Waals surface area contributed by atoms with Crippen LogP contribution in [0.5, 0.6) is 0 Å². The number of rotatable bonds is 7. The molecule has 2 aromatic heterocycles. The van der Waals surface area contributed by atoms with Gasteiger partial charge < -0.3 is 15.1 Å². The van der Waals surface area contributed by atoms with Crippen LogP contribution in [0.25, 0.3) is 11.3 Å². The molecule has 160 valence electrons. The van der Waals surface area contributed by atoms with Crippen LogP contribution in [-0.2, 0) is 11.2 Å². The van der Waals surface area contributed by atoms with E-state index >= 15 is 0 Å². The van der Waals surface area contributed by atoms with Gasteiger partial charge in [-0.05, 0) is 42.5 Å². The Kier molecular flexibility index (Phi) is 6.57. The molecule has 4 rings (SSSR count). The number of pyridine rings is 1. The van der Waals surface area contributed by atoms with Crippen LogP contribution < -0.4 is 10.6 Å². The molecule has 2 aromatic carbocycles. The molecule has 0 aliphatic carbocycles. The summed E-state index contributed by atoms with van der Waals surface area (Å²) in [6, 6.07) is 19.3. The van der Waals surface area contributed by atoms with Crippen molar-refractivity contribution in [3.05, 3.63) is 95.6 Å². The Morgan fingerprint density at radius 2 is 1.78 bits per heavy atom. The molecule has 7 nitrogen and oxygen atoms in total. The molecule has 8 heteroatoms. The molecule has 0 aliphatic heterocycles. The molecule has 0 radical (unpaired) electrons. The summed E-state index contributed by atoms with van der Waals surface area (Å²) in [6.07, 6.45) is 3.69. The molecule has 4 aromatic rings. The van der Waals surface area contributed by atoms with E-state index in [0.717, 1.165) is 5.56 Å². The van der Waals surface area contributed by atoms with Gasteiger partial charge in [-0.3, -0.25) is 9.59 Å². The van der Waals surface area contributed by atoms with E-state index in [-0.39, 0.29) is 18.2 Å². The van der Waals surface area contributed by atoms with Crippen LogP contribution >= 0.6 is 11.6 Å². The molecule has 32 heavy (non-hydrogen) atoms. The maximum Gasteiger partial charge on any atom is 0.256 e. The van der Waals surface area contributed by atoms with Crippen molar-refractivity contribution < 1.29 is 14.0 Å². The number of carbonyl (C=O) groups excluding carboxylic acids is 2. The fraction of sp³-hybridized carbons (Fsp3) is 0.0833. The van der Waals surface area contributed by atoms with E-state index in [4.69, 9.17) is 16.0 Å². The largest absolute Gasteiger partial charge is 0.441 e. The zero-order chi connectivity index (χ0) is 22.3. The lowest BCUT2D eigenvalue weighted by atomic mass is 10.2. The van der Waals surface area contributed by atoms with Gasteiger partial charge in [0.1, 0.15) is 5.82 Å². The molecule has 0 aliphatic rings. The SMILES string of the molecule is O=C(CCc1ncc(-c2ccccc2Cl)o1)Nc1cccc(C(=O)Nc2ccccn2)c1. The highest BCUT2D eigenvalue weighted by molar-refractivity contribution is 6.33. The Bertz CT molecular complexity index is 1240. The number of hydrogen-bond donors (Lipinski definition) is 2. The average molecular weight is 447 g/mol. The Labute approximate surface area is 189 Å². The molecule has 0 saturated carbocycles. The normalized spacial score (nSPS) is 10.5. The molecule has 0 unspecified atom stereocenters. The molecule has 2 N–H and O–H groups in total. The summed E-state index contributed by atoms with van der Waals surface area (Å²) in [7, 11) is 0. The predicted octanol–water partition coefficient (Wildman–Crippen LogP) is 5.21. The van der Waals surface area contributed by atoms with Crippen molar-refractivity contribution in [3.63, 3.8) is 0 Å². The Balaban J connectivity index is 1.33. The Hall–Kier alpha value is -3.97. The first-order valence-electron chi connectivity index (χ1n) is 9.90. The van der Waals surface area contributed by atoms with Crippen LogP contribution in [0.3, 0.4) is 0 Å². The van der Waals surface area contributed by atoms with Gasteiger partial charge in [-0.1, -0.05) is 35.9 Å². The van der Waals surface area contributed by atoms with Crippen LogP contribution in [0.2, 0.25) is 5.02 Å². The molecule has 2 amide bonds. The maximum absolute atomic E-state index is 12.4. The molecule has 0 atom stereocenters. The standard InChI is InChI=1S/C24H19ClN4O3/c25-19-9-2-1-8-18(19)20-15-27-23(32-20)12-11-22(30)28-17-7-5-6-16(14-17)24(31)29-21-10-3-4-13-26-21/h1-10,13-15H,11-12H2,(H,28,30)(H,26,29,31). The first kappa shape index (κ1) is 21.3. The fourth-order valence-corrected chi connectivity index (χ4v) is 3.25. The lowest BCUT2D eigenvalue weighted by molar-refractivity contribution is -0.116. The summed E-state index contributed by atoms with van der Waals surface area (Å²) in [5.41, 5.74) is 1.68. The molecule has 0 spiro atoms.